The van der Waals surface area contributed by atoms with E-state index in [0.29, 0.717) is 0 Å². The van der Waals surface area contributed by atoms with Crippen LogP contribution >= 0.6 is 7.82 Å². The van der Waals surface area contributed by atoms with Crippen molar-refractivity contribution in [2.45, 2.75) is 0 Å². The van der Waals surface area contributed by atoms with Gasteiger partial charge < -0.3 is 20.8 Å². The van der Waals surface area contributed by atoms with E-state index < -0.39 is 7.82 Å². The molecule has 0 radical (unpaired) electrons. The average molecular weight is 154 g/mol. The molecule has 6 N–H and O–H groups in total. The van der Waals surface area contributed by atoms with E-state index in [1.165, 1.54) is 0 Å². The van der Waals surface area contributed by atoms with Gasteiger partial charge >= 0.3 is 59.2 Å². The first-order chi connectivity index (χ1) is 2.00. The van der Waals surface area contributed by atoms with E-state index in [0.717, 1.165) is 0 Å². The molecule has 0 amide bonds. The van der Waals surface area contributed by atoms with E-state index in [2.05, 4.69) is 0 Å². The van der Waals surface area contributed by atoms with Gasteiger partial charge in [-0.1, -0.05) is 0 Å². The molecule has 40 valence electrons. The summed E-state index contributed by atoms with van der Waals surface area (Å²) in [4.78, 5) is 21.6. The molecular weight excluding hydrogens is 148 g/mol. The van der Waals surface area contributed by atoms with Crippen molar-refractivity contribution in [3.8, 4) is 0 Å². The standard InChI is InChI=1S/K.H3N.H3O4P/c;;1-5(2,3)4/h;1H3;(H3,1,2,3,4)/q+1;;. The summed E-state index contributed by atoms with van der Waals surface area (Å²) in [6, 6.07) is 0. The molecular formula is H6KNO4P+. The van der Waals surface area contributed by atoms with Crippen LogP contribution in [-0.2, 0) is 4.57 Å². The van der Waals surface area contributed by atoms with Crippen LogP contribution in [0.25, 0.3) is 0 Å². The molecule has 0 bridgehead atoms. The van der Waals surface area contributed by atoms with Crippen molar-refractivity contribution in [3.05, 3.63) is 0 Å². The summed E-state index contributed by atoms with van der Waals surface area (Å²) in [5.74, 6) is 0. The van der Waals surface area contributed by atoms with E-state index in [1.807, 2.05) is 0 Å². The molecule has 0 aromatic rings. The quantitative estimate of drug-likeness (QED) is 0.211. The van der Waals surface area contributed by atoms with Crippen LogP contribution in [0.1, 0.15) is 0 Å². The zero-order chi connectivity index (χ0) is 4.50. The summed E-state index contributed by atoms with van der Waals surface area (Å²) in [5.41, 5.74) is 0. The van der Waals surface area contributed by atoms with Gasteiger partial charge in [-0.25, -0.2) is 4.57 Å². The average Bonchev–Trinajstić information content (AvgIpc) is 0.722. The first-order valence-electron chi connectivity index (χ1n) is 0.783. The Balaban J connectivity index is -0.0000000800. The molecule has 0 aliphatic rings. The van der Waals surface area contributed by atoms with Gasteiger partial charge in [0.25, 0.3) is 0 Å². The van der Waals surface area contributed by atoms with Crippen molar-refractivity contribution in [2.75, 3.05) is 0 Å². The maximum absolute atomic E-state index is 8.88. The molecule has 0 aliphatic heterocycles. The summed E-state index contributed by atoms with van der Waals surface area (Å²) < 4.78 is 8.88. The second-order valence-electron chi connectivity index (χ2n) is 0.513. The molecule has 0 unspecified atom stereocenters. The summed E-state index contributed by atoms with van der Waals surface area (Å²) in [7, 11) is -4.64. The SMILES string of the molecule is N.O=P(O)(O)O.[K+]. The molecule has 0 atom stereocenters. The maximum Gasteiger partial charge on any atom is 1.00 e. The van der Waals surface area contributed by atoms with E-state index in [4.69, 9.17) is 19.2 Å². The molecule has 0 rings (SSSR count). The fraction of sp³-hybridized carbons (Fsp3) is 0. The molecule has 0 aliphatic carbocycles. The van der Waals surface area contributed by atoms with Gasteiger partial charge in [-0.3, -0.25) is 0 Å². The molecule has 0 fully saturated rings. The van der Waals surface area contributed by atoms with Gasteiger partial charge in [0.2, 0.25) is 0 Å². The molecule has 0 saturated heterocycles. The van der Waals surface area contributed by atoms with Crippen LogP contribution in [0, 0.1) is 0 Å². The third-order valence-corrected chi connectivity index (χ3v) is 0. The zero-order valence-electron chi connectivity index (χ0n) is 3.90. The smallest absolute Gasteiger partial charge is 0.344 e. The third-order valence-electron chi connectivity index (χ3n) is 0. The minimum atomic E-state index is -4.64. The van der Waals surface area contributed by atoms with Crippen molar-refractivity contribution in [3.63, 3.8) is 0 Å². The number of hydrogen-bond acceptors (Lipinski definition) is 2. The van der Waals surface area contributed by atoms with Crippen LogP contribution in [-0.4, -0.2) is 14.7 Å². The Bertz CT molecular complexity index is 57.8. The van der Waals surface area contributed by atoms with Crippen LogP contribution in [0.5, 0.6) is 0 Å². The Kier molecular flexibility index (Phi) is 13.2. The molecule has 0 saturated carbocycles. The normalized spacial score (nSPS) is 8.43. The zero-order valence-corrected chi connectivity index (χ0v) is 7.92. The van der Waals surface area contributed by atoms with Gasteiger partial charge in [0.15, 0.2) is 0 Å². The van der Waals surface area contributed by atoms with Crippen LogP contribution in [0.15, 0.2) is 0 Å². The van der Waals surface area contributed by atoms with Crippen LogP contribution in [0.3, 0.4) is 0 Å². The van der Waals surface area contributed by atoms with Crippen molar-refractivity contribution in [1.82, 2.24) is 6.15 Å². The largest absolute Gasteiger partial charge is 1.00 e. The Morgan fingerprint density at radius 1 is 1.14 bits per heavy atom. The molecule has 0 heterocycles. The minimum absolute atomic E-state index is 0. The molecule has 5 nitrogen and oxygen atoms in total. The van der Waals surface area contributed by atoms with Crippen molar-refractivity contribution in [1.29, 1.82) is 0 Å². The third kappa shape index (κ3) is 86.2. The first kappa shape index (κ1) is 15.9. The molecule has 7 heavy (non-hydrogen) atoms. The fourth-order valence-electron chi connectivity index (χ4n) is 0. The predicted molar refractivity (Wildman–Crippen MR) is 19.3 cm³/mol. The van der Waals surface area contributed by atoms with E-state index in [-0.39, 0.29) is 57.5 Å². The van der Waals surface area contributed by atoms with Gasteiger partial charge in [0, 0.05) is 0 Å². The van der Waals surface area contributed by atoms with Crippen molar-refractivity contribution in [2.24, 2.45) is 0 Å². The Morgan fingerprint density at radius 3 is 1.14 bits per heavy atom. The minimum Gasteiger partial charge on any atom is -0.344 e. The van der Waals surface area contributed by atoms with Crippen molar-refractivity contribution >= 4 is 7.82 Å². The first-order valence-corrected chi connectivity index (χ1v) is 2.35. The summed E-state index contributed by atoms with van der Waals surface area (Å²) in [6.07, 6.45) is 0. The van der Waals surface area contributed by atoms with Gasteiger partial charge in [-0.2, -0.15) is 0 Å². The predicted octanol–water partition coefficient (Wildman–Crippen LogP) is -3.76. The molecule has 7 heteroatoms. The summed E-state index contributed by atoms with van der Waals surface area (Å²) in [6.45, 7) is 0. The molecule has 0 aromatic heterocycles. The van der Waals surface area contributed by atoms with E-state index >= 15 is 0 Å². The second kappa shape index (κ2) is 5.84. The number of hydrogen-bond donors (Lipinski definition) is 4. The number of rotatable bonds is 0. The van der Waals surface area contributed by atoms with Gasteiger partial charge in [0.1, 0.15) is 0 Å². The van der Waals surface area contributed by atoms with Crippen LogP contribution in [0.4, 0.5) is 0 Å². The molecule has 0 spiro atoms. The summed E-state index contributed by atoms with van der Waals surface area (Å²) in [5, 5.41) is 0. The van der Waals surface area contributed by atoms with Crippen LogP contribution in [0.2, 0.25) is 0 Å². The second-order valence-corrected chi connectivity index (χ2v) is 1.54. The maximum atomic E-state index is 8.88. The van der Waals surface area contributed by atoms with E-state index in [1.54, 1.807) is 0 Å². The Labute approximate surface area is 83.4 Å². The Hall–Kier alpha value is 1.71. The van der Waals surface area contributed by atoms with Gasteiger partial charge in [0.05, 0.1) is 0 Å². The van der Waals surface area contributed by atoms with Gasteiger partial charge in [-0.05, 0) is 0 Å². The van der Waals surface area contributed by atoms with Crippen molar-refractivity contribution < 1.29 is 70.6 Å². The number of phosphoric acid groups is 1. The monoisotopic (exact) mass is 154 g/mol. The topological polar surface area (TPSA) is 113 Å². The van der Waals surface area contributed by atoms with E-state index in [9.17, 15) is 0 Å². The fourth-order valence-corrected chi connectivity index (χ4v) is 0. The van der Waals surface area contributed by atoms with Crippen LogP contribution < -0.4 is 57.5 Å². The summed E-state index contributed by atoms with van der Waals surface area (Å²) >= 11 is 0. The van der Waals surface area contributed by atoms with Gasteiger partial charge in [-0.15, -0.1) is 0 Å². The molecule has 0 aromatic carbocycles. The Morgan fingerprint density at radius 2 is 1.14 bits per heavy atom.